The fraction of sp³-hybridized carbons (Fsp3) is 0.316. The van der Waals surface area contributed by atoms with Gasteiger partial charge in [-0.05, 0) is 12.1 Å². The molecule has 0 fully saturated rings. The van der Waals surface area contributed by atoms with E-state index in [0.29, 0.717) is 24.2 Å². The number of aromatic amines is 2. The Bertz CT molecular complexity index is 1200. The lowest BCUT2D eigenvalue weighted by atomic mass is 10.0. The van der Waals surface area contributed by atoms with Gasteiger partial charge in [0, 0.05) is 48.7 Å². The van der Waals surface area contributed by atoms with Gasteiger partial charge in [-0.15, -0.1) is 0 Å². The van der Waals surface area contributed by atoms with Crippen LogP contribution in [-0.4, -0.2) is 75.7 Å². The molecule has 3 N–H and O–H groups in total. The molecular formula is C19H21N5O5S. The number of para-hydroxylation sites is 1. The van der Waals surface area contributed by atoms with Crippen molar-refractivity contribution in [3.63, 3.8) is 0 Å². The number of rotatable bonds is 5. The summed E-state index contributed by atoms with van der Waals surface area (Å²) in [4.78, 5) is 31.7. The largest absolute Gasteiger partial charge is 0.351 e. The zero-order chi connectivity index (χ0) is 21.5. The summed E-state index contributed by atoms with van der Waals surface area (Å²) in [6, 6.07) is 9.42. The lowest BCUT2D eigenvalue weighted by Gasteiger charge is -2.27. The van der Waals surface area contributed by atoms with Crippen LogP contribution in [0.15, 0.2) is 30.3 Å². The molecule has 1 aliphatic rings. The fourth-order valence-corrected chi connectivity index (χ4v) is 4.04. The molecule has 0 spiro atoms. The summed E-state index contributed by atoms with van der Waals surface area (Å²) in [5.41, 5.74) is 2.90. The number of benzene rings is 1. The minimum Gasteiger partial charge on any atom is -0.351 e. The van der Waals surface area contributed by atoms with Crippen LogP contribution in [0, 0.1) is 0 Å². The Morgan fingerprint density at radius 2 is 2.07 bits per heavy atom. The van der Waals surface area contributed by atoms with E-state index in [4.69, 9.17) is 4.55 Å². The van der Waals surface area contributed by atoms with Gasteiger partial charge < -0.3 is 14.8 Å². The minimum atomic E-state index is -4.18. The molecule has 2 aromatic heterocycles. The number of hydrogen-bond donors (Lipinski definition) is 3. The van der Waals surface area contributed by atoms with Crippen LogP contribution in [0.4, 0.5) is 0 Å². The summed E-state index contributed by atoms with van der Waals surface area (Å²) >= 11 is 0. The van der Waals surface area contributed by atoms with Gasteiger partial charge in [0.1, 0.15) is 5.69 Å². The van der Waals surface area contributed by atoms with E-state index in [0.717, 1.165) is 16.6 Å². The molecule has 0 saturated carbocycles. The Labute approximate surface area is 172 Å². The first-order valence-electron chi connectivity index (χ1n) is 9.36. The third kappa shape index (κ3) is 3.94. The summed E-state index contributed by atoms with van der Waals surface area (Å²) in [7, 11) is -2.74. The first-order valence-corrected chi connectivity index (χ1v) is 11.0. The molecule has 30 heavy (non-hydrogen) atoms. The van der Waals surface area contributed by atoms with Crippen LogP contribution in [0.25, 0.3) is 10.9 Å². The molecule has 3 aromatic rings. The van der Waals surface area contributed by atoms with Crippen LogP contribution in [0.3, 0.4) is 0 Å². The van der Waals surface area contributed by atoms with Crippen LogP contribution >= 0.6 is 0 Å². The van der Waals surface area contributed by atoms with Crippen LogP contribution in [0.2, 0.25) is 0 Å². The number of hydrogen-bond acceptors (Lipinski definition) is 5. The predicted molar refractivity (Wildman–Crippen MR) is 109 cm³/mol. The van der Waals surface area contributed by atoms with E-state index < -0.39 is 21.8 Å². The van der Waals surface area contributed by atoms with E-state index in [1.54, 1.807) is 11.0 Å². The molecule has 0 saturated heterocycles. The molecule has 3 heterocycles. The van der Waals surface area contributed by atoms with E-state index in [2.05, 4.69) is 15.2 Å². The Morgan fingerprint density at radius 3 is 2.80 bits per heavy atom. The molecule has 11 heteroatoms. The molecule has 158 valence electrons. The molecule has 4 rings (SSSR count). The van der Waals surface area contributed by atoms with Crippen molar-refractivity contribution in [1.82, 2.24) is 25.0 Å². The normalized spacial score (nSPS) is 14.0. The number of nitrogens with zero attached hydrogens (tertiary/aromatic N) is 3. The monoisotopic (exact) mass is 431 g/mol. The number of aromatic nitrogens is 3. The Balaban J connectivity index is 1.52. The van der Waals surface area contributed by atoms with Crippen LogP contribution < -0.4 is 0 Å². The Kier molecular flexibility index (Phi) is 5.08. The van der Waals surface area contributed by atoms with Crippen molar-refractivity contribution in [3.05, 3.63) is 53.0 Å². The number of nitrogens with one attached hydrogen (secondary N) is 2. The summed E-state index contributed by atoms with van der Waals surface area (Å²) in [5.74, 6) is -1.21. The topological polar surface area (TPSA) is 139 Å². The minimum absolute atomic E-state index is 0.150. The van der Waals surface area contributed by atoms with Gasteiger partial charge in [-0.25, -0.2) is 0 Å². The van der Waals surface area contributed by atoms with Crippen LogP contribution in [0.1, 0.15) is 32.2 Å². The van der Waals surface area contributed by atoms with Crippen molar-refractivity contribution in [3.8, 4) is 0 Å². The molecule has 0 atom stereocenters. The van der Waals surface area contributed by atoms with Gasteiger partial charge in [-0.2, -0.15) is 13.5 Å². The van der Waals surface area contributed by atoms with Crippen molar-refractivity contribution >= 4 is 32.8 Å². The van der Waals surface area contributed by atoms with E-state index in [1.165, 1.54) is 11.9 Å². The molecule has 0 radical (unpaired) electrons. The fourth-order valence-electron chi connectivity index (χ4n) is 3.54. The maximum Gasteiger partial charge on any atom is 0.274 e. The van der Waals surface area contributed by atoms with Crippen LogP contribution in [-0.2, 0) is 23.1 Å². The van der Waals surface area contributed by atoms with Gasteiger partial charge in [0.05, 0.1) is 12.3 Å². The summed E-state index contributed by atoms with van der Waals surface area (Å²) in [6.07, 6.45) is 0.524. The van der Waals surface area contributed by atoms with Gasteiger partial charge in [0.2, 0.25) is 0 Å². The molecular weight excluding hydrogens is 410 g/mol. The highest BCUT2D eigenvalue weighted by molar-refractivity contribution is 7.85. The predicted octanol–water partition coefficient (Wildman–Crippen LogP) is 1.05. The molecule has 2 amide bonds. The zero-order valence-electron chi connectivity index (χ0n) is 16.3. The number of carbonyl (C=O) groups is 2. The third-order valence-electron chi connectivity index (χ3n) is 5.21. The van der Waals surface area contributed by atoms with Crippen molar-refractivity contribution in [2.75, 3.05) is 25.9 Å². The first kappa shape index (κ1) is 20.1. The van der Waals surface area contributed by atoms with Crippen molar-refractivity contribution < 1.29 is 22.6 Å². The average Bonchev–Trinajstić information content (AvgIpc) is 3.33. The van der Waals surface area contributed by atoms with E-state index in [9.17, 15) is 18.0 Å². The van der Waals surface area contributed by atoms with Gasteiger partial charge in [0.25, 0.3) is 21.9 Å². The summed E-state index contributed by atoms with van der Waals surface area (Å²) in [5, 5.41) is 7.88. The second kappa shape index (κ2) is 7.58. The first-order chi connectivity index (χ1) is 14.2. The standard InChI is InChI=1S/C19H21N5O5S/c1-23(8-9-30(27,28)29)19(26)17-13-11-24(7-6-15(13)21-22-17)18(25)16-10-12-4-2-3-5-14(12)20-16/h2-5,10,20H,6-9,11H2,1H3,(H,21,22)(H,27,28,29). The summed E-state index contributed by atoms with van der Waals surface area (Å²) in [6.45, 7) is 0.528. The van der Waals surface area contributed by atoms with Crippen molar-refractivity contribution in [2.45, 2.75) is 13.0 Å². The molecule has 1 aromatic carbocycles. The molecule has 10 nitrogen and oxygen atoms in total. The summed E-state index contributed by atoms with van der Waals surface area (Å²) < 4.78 is 30.8. The van der Waals surface area contributed by atoms with Gasteiger partial charge in [0.15, 0.2) is 5.69 Å². The van der Waals surface area contributed by atoms with E-state index in [1.807, 2.05) is 24.3 Å². The number of H-pyrrole nitrogens is 2. The second-order valence-corrected chi connectivity index (χ2v) is 8.86. The second-order valence-electron chi connectivity index (χ2n) is 7.29. The van der Waals surface area contributed by atoms with Crippen LogP contribution in [0.5, 0.6) is 0 Å². The van der Waals surface area contributed by atoms with Crippen molar-refractivity contribution in [2.24, 2.45) is 0 Å². The lowest BCUT2D eigenvalue weighted by molar-refractivity contribution is 0.0719. The van der Waals surface area contributed by atoms with E-state index >= 15 is 0 Å². The van der Waals surface area contributed by atoms with Gasteiger partial charge >= 0.3 is 0 Å². The van der Waals surface area contributed by atoms with E-state index in [-0.39, 0.29) is 24.7 Å². The highest BCUT2D eigenvalue weighted by atomic mass is 32.2. The molecule has 0 aliphatic carbocycles. The number of carbonyl (C=O) groups excluding carboxylic acids is 2. The maximum absolute atomic E-state index is 13.0. The lowest BCUT2D eigenvalue weighted by Crippen LogP contribution is -2.37. The Morgan fingerprint density at radius 1 is 1.30 bits per heavy atom. The maximum atomic E-state index is 13.0. The Hall–Kier alpha value is -3.18. The van der Waals surface area contributed by atoms with Gasteiger partial charge in [-0.1, -0.05) is 18.2 Å². The smallest absolute Gasteiger partial charge is 0.274 e. The number of fused-ring (bicyclic) bond motifs is 2. The molecule has 0 bridgehead atoms. The van der Waals surface area contributed by atoms with Crippen molar-refractivity contribution in [1.29, 1.82) is 0 Å². The molecule has 1 aliphatic heterocycles. The SMILES string of the molecule is CN(CCS(=O)(=O)O)C(=O)c1n[nH]c2c1CN(C(=O)c1cc3ccccc3[nH]1)CC2. The average molecular weight is 431 g/mol. The highest BCUT2D eigenvalue weighted by Crippen LogP contribution is 2.24. The number of amides is 2. The van der Waals surface area contributed by atoms with Gasteiger partial charge in [-0.3, -0.25) is 19.2 Å². The quantitative estimate of drug-likeness (QED) is 0.516. The molecule has 0 unspecified atom stereocenters. The zero-order valence-corrected chi connectivity index (χ0v) is 17.1. The third-order valence-corrected chi connectivity index (χ3v) is 5.91. The highest BCUT2D eigenvalue weighted by Gasteiger charge is 2.30.